The van der Waals surface area contributed by atoms with Crippen LogP contribution >= 0.6 is 0 Å². The SMILES string of the molecule is [2H]c1c([2H])c([2H])c(-c2cc(Oc3ccc4c5c([2H])c([2H])c([2H])c([2H])c5n(-c5nc6ccccc6n5C([2H])([2H])[2H])c4c3)cc(N3CN(c4c(/C5=C/C=C\N/C=C\C=C/[B]5)cc(C(C)(C)C)cc4/C4=C/C=C\N/C=C\C=C/[B]4)c4ccccc43)c2)c([2H])c1[2H]. The fourth-order valence-corrected chi connectivity index (χ4v) is 9.69. The molecule has 2 N–H and O–H groups in total. The average molecular weight is 984 g/mol. The first kappa shape index (κ1) is 35.1. The zero-order valence-corrected chi connectivity index (χ0v) is 41.3. The number of aromatic nitrogens is 3. The van der Waals surface area contributed by atoms with Crippen molar-refractivity contribution in [1.82, 2.24) is 24.8 Å². The van der Waals surface area contributed by atoms with Crippen LogP contribution in [0.15, 0.2) is 237 Å². The maximum atomic E-state index is 9.25. The van der Waals surface area contributed by atoms with E-state index < -0.39 is 55.3 Å². The van der Waals surface area contributed by atoms with Gasteiger partial charge in [0, 0.05) is 64.5 Å². The first-order valence-corrected chi connectivity index (χ1v) is 24.6. The molecule has 8 nitrogen and oxygen atoms in total. The topological polar surface area (TPSA) is 62.5 Å². The monoisotopic (exact) mass is 984 g/mol. The zero-order chi connectivity index (χ0) is 61.2. The van der Waals surface area contributed by atoms with Crippen molar-refractivity contribution in [3.05, 3.63) is 253 Å². The summed E-state index contributed by atoms with van der Waals surface area (Å²) < 4.78 is 116. The molecule has 0 fully saturated rings. The Morgan fingerprint density at radius 1 is 0.600 bits per heavy atom. The predicted octanol–water partition coefficient (Wildman–Crippen LogP) is 15.1. The second-order valence-electron chi connectivity index (χ2n) is 19.1. The number of aryl methyl sites for hydroxylation is 1. The third-order valence-electron chi connectivity index (χ3n) is 13.3. The third-order valence-corrected chi connectivity index (χ3v) is 13.3. The number of anilines is 4. The summed E-state index contributed by atoms with van der Waals surface area (Å²) in [5.41, 5.74) is 8.68. The van der Waals surface area contributed by atoms with Crippen molar-refractivity contribution in [2.45, 2.75) is 26.2 Å². The molecule has 5 heterocycles. The van der Waals surface area contributed by atoms with Gasteiger partial charge in [-0.3, -0.25) is 4.57 Å². The highest BCUT2D eigenvalue weighted by Crippen LogP contribution is 2.50. The van der Waals surface area contributed by atoms with Gasteiger partial charge in [0.15, 0.2) is 14.6 Å². The van der Waals surface area contributed by atoms with Crippen LogP contribution in [0.1, 0.15) is 53.9 Å². The second-order valence-corrected chi connectivity index (χ2v) is 19.1. The Morgan fingerprint density at radius 3 is 1.99 bits per heavy atom. The van der Waals surface area contributed by atoms with Crippen LogP contribution in [0.5, 0.6) is 11.5 Å². The summed E-state index contributed by atoms with van der Waals surface area (Å²) in [5.74, 6) is 4.28. The highest BCUT2D eigenvalue weighted by atomic mass is 16.5. The molecular weight excluding hydrogens is 916 g/mol. The molecule has 0 atom stereocenters. The molecule has 7 aromatic carbocycles. The fraction of sp³-hybridized carbons (Fsp3) is 0.0923. The lowest BCUT2D eigenvalue weighted by atomic mass is 9.62. The number of para-hydroxylation sites is 5. The molecule has 0 spiro atoms. The number of hydrogen-bond donors (Lipinski definition) is 2. The van der Waals surface area contributed by atoms with Crippen LogP contribution in [0.2, 0.25) is 0 Å². The molecule has 75 heavy (non-hydrogen) atoms. The van der Waals surface area contributed by atoms with Gasteiger partial charge in [0.1, 0.15) is 18.2 Å². The highest BCUT2D eigenvalue weighted by molar-refractivity contribution is 6.67. The number of fused-ring (bicyclic) bond motifs is 5. The van der Waals surface area contributed by atoms with E-state index >= 15 is 0 Å². The highest BCUT2D eigenvalue weighted by Gasteiger charge is 2.33. The van der Waals surface area contributed by atoms with Crippen molar-refractivity contribution in [3.63, 3.8) is 0 Å². The fourth-order valence-electron chi connectivity index (χ4n) is 9.69. The molecule has 0 amide bonds. The van der Waals surface area contributed by atoms with Gasteiger partial charge < -0.3 is 29.7 Å². The molecule has 0 unspecified atom stereocenters. The normalized spacial score (nSPS) is 20.9. The number of rotatable bonds is 8. The minimum absolute atomic E-state index is 0.00423. The average Bonchev–Trinajstić information content (AvgIpc) is 1.70. The molecular formula is C65H55B2N7O. The Kier molecular flexibility index (Phi) is 9.38. The minimum atomic E-state index is -2.79. The van der Waals surface area contributed by atoms with Gasteiger partial charge in [-0.05, 0) is 124 Å². The number of benzene rings is 7. The molecule has 2 aromatic heterocycles. The summed E-state index contributed by atoms with van der Waals surface area (Å²) >= 11 is 0. The minimum Gasteiger partial charge on any atom is -0.457 e. The molecule has 10 heteroatoms. The van der Waals surface area contributed by atoms with E-state index in [-0.39, 0.29) is 68.6 Å². The molecule has 0 bridgehead atoms. The molecule has 3 aliphatic heterocycles. The number of nitrogens with one attached hydrogen (secondary N) is 2. The van der Waals surface area contributed by atoms with Gasteiger partial charge in [0.05, 0.1) is 51.5 Å². The van der Waals surface area contributed by atoms with E-state index in [0.29, 0.717) is 16.6 Å². The van der Waals surface area contributed by atoms with Gasteiger partial charge in [-0.2, -0.15) is 0 Å². The van der Waals surface area contributed by atoms with E-state index in [9.17, 15) is 4.11 Å². The zero-order valence-electron chi connectivity index (χ0n) is 53.3. The molecule has 2 radical (unpaired) electrons. The van der Waals surface area contributed by atoms with E-state index in [2.05, 4.69) is 86.1 Å². The predicted molar refractivity (Wildman–Crippen MR) is 316 cm³/mol. The molecule has 0 saturated carbocycles. The van der Waals surface area contributed by atoms with Crippen molar-refractivity contribution in [2.75, 3.05) is 16.5 Å². The van der Waals surface area contributed by atoms with Crippen molar-refractivity contribution >= 4 is 81.1 Å². The maximum Gasteiger partial charge on any atom is 0.215 e. The van der Waals surface area contributed by atoms with E-state index in [1.54, 1.807) is 60.7 Å². The van der Waals surface area contributed by atoms with E-state index in [1.807, 2.05) is 91.4 Å². The Hall–Kier alpha value is -9.14. The van der Waals surface area contributed by atoms with Crippen molar-refractivity contribution in [2.24, 2.45) is 6.98 Å². The third kappa shape index (κ3) is 9.20. The number of imidazole rings is 1. The van der Waals surface area contributed by atoms with Crippen LogP contribution in [0, 0.1) is 0 Å². The van der Waals surface area contributed by atoms with E-state index in [0.717, 1.165) is 49.3 Å². The first-order valence-electron chi connectivity index (χ1n) is 30.6. The summed E-state index contributed by atoms with van der Waals surface area (Å²) in [4.78, 5) is 9.17. The van der Waals surface area contributed by atoms with Crippen molar-refractivity contribution in [1.29, 1.82) is 0 Å². The van der Waals surface area contributed by atoms with Crippen LogP contribution in [0.4, 0.5) is 22.7 Å². The summed E-state index contributed by atoms with van der Waals surface area (Å²) in [7, 11) is 4.19. The summed E-state index contributed by atoms with van der Waals surface area (Å²) in [6.07, 6.45) is 23.3. The molecule has 0 aliphatic carbocycles. The lowest BCUT2D eigenvalue weighted by molar-refractivity contribution is 0.483. The number of nitrogens with zero attached hydrogens (tertiary/aromatic N) is 5. The first-order chi connectivity index (χ1) is 41.7. The molecule has 3 aliphatic rings. The Bertz CT molecular complexity index is 4480. The van der Waals surface area contributed by atoms with Gasteiger partial charge in [0.2, 0.25) is 5.95 Å². The standard InChI is InChI=1S/C65H55B2N7O/c1-65(2,3)47-40-53(55-23-18-36-68-34-16-14-32-66-55)63(54(41-47)56-24-19-37-69-35-17-15-33-67-56)73-44-72(60-28-12-13-29-61(60)73)48-38-46(45-20-6-5-7-21-45)39-50(42-48)75-49-30-31-52-51-22-8-10-26-58(51)74(62(52)43-49)64-70-57-25-9-11-27-59(57)71(64)4/h5-43,68-69H,44H2,1-4H3/b32-14-,33-15-,34-16-,35-17-,36-18-,37-19-,55-23-,56-24-/i4D3,5D,6D,7D,8D,10D,20D,21D,22D,26D. The van der Waals surface area contributed by atoms with Crippen LogP contribution in [0.25, 0.3) is 60.9 Å². The number of hydrogen-bond acceptors (Lipinski definition) is 6. The van der Waals surface area contributed by atoms with Gasteiger partial charge in [0.25, 0.3) is 0 Å². The summed E-state index contributed by atoms with van der Waals surface area (Å²) in [5, 5.41) is 6.92. The van der Waals surface area contributed by atoms with Crippen molar-refractivity contribution in [3.8, 4) is 28.6 Å². The van der Waals surface area contributed by atoms with Crippen LogP contribution in [-0.4, -0.2) is 35.3 Å². The smallest absolute Gasteiger partial charge is 0.215 e. The Balaban J connectivity index is 1.08. The van der Waals surface area contributed by atoms with Crippen LogP contribution in [-0.2, 0) is 12.4 Å². The van der Waals surface area contributed by atoms with E-state index in [4.69, 9.17) is 22.1 Å². The maximum absolute atomic E-state index is 9.25. The van der Waals surface area contributed by atoms with Gasteiger partial charge in [-0.15, -0.1) is 12.0 Å². The van der Waals surface area contributed by atoms with Gasteiger partial charge in [-0.25, -0.2) is 4.98 Å². The Morgan fingerprint density at radius 2 is 1.27 bits per heavy atom. The lowest BCUT2D eigenvalue weighted by Crippen LogP contribution is -2.26. The molecule has 9 aromatic rings. The number of ether oxygens (including phenoxy) is 1. The van der Waals surface area contributed by atoms with Crippen molar-refractivity contribution < 1.29 is 21.2 Å². The van der Waals surface area contributed by atoms with Crippen LogP contribution < -0.4 is 25.2 Å². The Labute approximate surface area is 457 Å². The number of allylic oxidation sites excluding steroid dienone is 8. The van der Waals surface area contributed by atoms with Crippen LogP contribution in [0.3, 0.4) is 0 Å². The van der Waals surface area contributed by atoms with E-state index in [1.165, 1.54) is 4.57 Å². The van der Waals surface area contributed by atoms with Gasteiger partial charge >= 0.3 is 0 Å². The quantitative estimate of drug-likeness (QED) is 0.148. The lowest BCUT2D eigenvalue weighted by Gasteiger charge is -2.31. The van der Waals surface area contributed by atoms with Gasteiger partial charge in [-0.1, -0.05) is 129 Å². The molecule has 12 rings (SSSR count). The molecule has 0 saturated heterocycles. The molecule has 362 valence electrons. The largest absolute Gasteiger partial charge is 0.457 e. The summed E-state index contributed by atoms with van der Waals surface area (Å²) in [6.45, 7) is 4.01. The summed E-state index contributed by atoms with van der Waals surface area (Å²) in [6, 6.07) is 25.2. The second kappa shape index (κ2) is 20.0.